The normalized spacial score (nSPS) is 25.3. The molecule has 2 atom stereocenters. The molecular formula is C15H20ClF3N2O2. The summed E-state index contributed by atoms with van der Waals surface area (Å²) in [6, 6.07) is 0.973. The van der Waals surface area contributed by atoms with Gasteiger partial charge in [0.25, 0.3) is 0 Å². The largest absolute Gasteiger partial charge is 0.378 e. The first-order valence-electron chi connectivity index (χ1n) is 7.00. The van der Waals surface area contributed by atoms with Crippen LogP contribution in [0, 0.1) is 22.9 Å². The van der Waals surface area contributed by atoms with Crippen LogP contribution in [-0.4, -0.2) is 24.2 Å². The van der Waals surface area contributed by atoms with Gasteiger partial charge in [-0.05, 0) is 6.92 Å². The standard InChI is InChI=1S/C15H19F3N2O2.ClH/c1-4-22-12-7-15(19,14(12,2)3)13(21)20-11-6-9(17)8(16)5-10(11)18;/h5-6,12H,4,7,19H2,1-3H3,(H,20,21);1H. The molecule has 130 valence electrons. The van der Waals surface area contributed by atoms with E-state index in [0.717, 1.165) is 0 Å². The molecule has 1 aromatic rings. The van der Waals surface area contributed by atoms with Crippen molar-refractivity contribution < 1.29 is 22.7 Å². The Morgan fingerprint density at radius 3 is 2.39 bits per heavy atom. The van der Waals surface area contributed by atoms with E-state index in [0.29, 0.717) is 18.7 Å². The van der Waals surface area contributed by atoms with E-state index >= 15 is 0 Å². The number of nitrogens with two attached hydrogens (primary N) is 1. The van der Waals surface area contributed by atoms with Crippen LogP contribution in [0.3, 0.4) is 0 Å². The Morgan fingerprint density at radius 2 is 1.87 bits per heavy atom. The predicted octanol–water partition coefficient (Wildman–Crippen LogP) is 3.00. The van der Waals surface area contributed by atoms with Crippen LogP contribution < -0.4 is 11.1 Å². The van der Waals surface area contributed by atoms with Crippen LogP contribution in [0.4, 0.5) is 18.9 Å². The first kappa shape index (κ1) is 19.7. The third-order valence-corrected chi connectivity index (χ3v) is 4.49. The molecule has 23 heavy (non-hydrogen) atoms. The van der Waals surface area contributed by atoms with Crippen LogP contribution in [0.2, 0.25) is 0 Å². The van der Waals surface area contributed by atoms with E-state index in [2.05, 4.69) is 5.32 Å². The maximum Gasteiger partial charge on any atom is 0.245 e. The number of anilines is 1. The highest BCUT2D eigenvalue weighted by Gasteiger charge is 2.62. The molecule has 8 heteroatoms. The third kappa shape index (κ3) is 3.18. The maximum absolute atomic E-state index is 13.6. The second kappa shape index (κ2) is 6.67. The molecule has 0 aromatic heterocycles. The van der Waals surface area contributed by atoms with Gasteiger partial charge in [-0.25, -0.2) is 13.2 Å². The van der Waals surface area contributed by atoms with E-state index < -0.39 is 40.0 Å². The predicted molar refractivity (Wildman–Crippen MR) is 82.9 cm³/mol. The molecule has 0 aliphatic heterocycles. The number of benzene rings is 1. The van der Waals surface area contributed by atoms with Crippen molar-refractivity contribution in [1.82, 2.24) is 0 Å². The van der Waals surface area contributed by atoms with Gasteiger partial charge in [-0.1, -0.05) is 13.8 Å². The number of hydrogen-bond acceptors (Lipinski definition) is 3. The fourth-order valence-corrected chi connectivity index (χ4v) is 2.67. The van der Waals surface area contributed by atoms with Crippen molar-refractivity contribution in [3.63, 3.8) is 0 Å². The summed E-state index contributed by atoms with van der Waals surface area (Å²) in [5.41, 5.74) is 3.75. The smallest absolute Gasteiger partial charge is 0.245 e. The number of rotatable bonds is 4. The molecule has 3 N–H and O–H groups in total. The van der Waals surface area contributed by atoms with Crippen LogP contribution >= 0.6 is 12.4 Å². The second-order valence-electron chi connectivity index (χ2n) is 6.04. The van der Waals surface area contributed by atoms with Gasteiger partial charge in [0, 0.05) is 30.6 Å². The molecule has 2 unspecified atom stereocenters. The molecule has 4 nitrogen and oxygen atoms in total. The Hall–Kier alpha value is -1.31. The van der Waals surface area contributed by atoms with Gasteiger partial charge in [0.1, 0.15) is 11.4 Å². The molecule has 0 spiro atoms. The molecule has 1 aliphatic carbocycles. The van der Waals surface area contributed by atoms with Crippen molar-refractivity contribution in [2.75, 3.05) is 11.9 Å². The Balaban J connectivity index is 0.00000264. The Morgan fingerprint density at radius 1 is 1.30 bits per heavy atom. The summed E-state index contributed by atoms with van der Waals surface area (Å²) in [5, 5.41) is 2.24. The summed E-state index contributed by atoms with van der Waals surface area (Å²) in [5.74, 6) is -4.28. The lowest BCUT2D eigenvalue weighted by molar-refractivity contribution is -0.166. The number of ether oxygens (including phenoxy) is 1. The Bertz CT molecular complexity index is 613. The summed E-state index contributed by atoms with van der Waals surface area (Å²) in [6.45, 7) is 5.88. The fourth-order valence-electron chi connectivity index (χ4n) is 2.67. The number of nitrogens with one attached hydrogen (secondary N) is 1. The number of halogens is 4. The number of carbonyl (C=O) groups excluding carboxylic acids is 1. The van der Waals surface area contributed by atoms with Crippen molar-refractivity contribution in [2.24, 2.45) is 11.1 Å². The highest BCUT2D eigenvalue weighted by Crippen LogP contribution is 2.50. The first-order chi connectivity index (χ1) is 10.1. The molecule has 0 saturated heterocycles. The SMILES string of the molecule is CCOC1CC(N)(C(=O)Nc2cc(F)c(F)cc2F)C1(C)C.Cl. The van der Waals surface area contributed by atoms with Crippen molar-refractivity contribution >= 4 is 24.0 Å². The average Bonchev–Trinajstić information content (AvgIpc) is 2.44. The Kier molecular flexibility index (Phi) is 5.72. The van der Waals surface area contributed by atoms with Gasteiger partial charge >= 0.3 is 0 Å². The summed E-state index contributed by atoms with van der Waals surface area (Å²) in [7, 11) is 0. The highest BCUT2D eigenvalue weighted by atomic mass is 35.5. The van der Waals surface area contributed by atoms with Crippen molar-refractivity contribution in [1.29, 1.82) is 0 Å². The number of carbonyl (C=O) groups is 1. The van der Waals surface area contributed by atoms with E-state index in [4.69, 9.17) is 10.5 Å². The van der Waals surface area contributed by atoms with Gasteiger partial charge in [-0.3, -0.25) is 4.79 Å². The molecule has 2 rings (SSSR count). The minimum atomic E-state index is -1.32. The van der Waals surface area contributed by atoms with Gasteiger partial charge in [0.2, 0.25) is 5.91 Å². The summed E-state index contributed by atoms with van der Waals surface area (Å²) < 4.78 is 45.2. The minimum Gasteiger partial charge on any atom is -0.378 e. The van der Waals surface area contributed by atoms with E-state index in [1.807, 2.05) is 6.92 Å². The zero-order valence-corrected chi connectivity index (χ0v) is 13.9. The van der Waals surface area contributed by atoms with Gasteiger partial charge in [0.15, 0.2) is 11.6 Å². The van der Waals surface area contributed by atoms with Crippen molar-refractivity contribution in [3.05, 3.63) is 29.6 Å². The number of amides is 1. The molecule has 1 fully saturated rings. The van der Waals surface area contributed by atoms with Crippen molar-refractivity contribution in [2.45, 2.75) is 38.8 Å². The van der Waals surface area contributed by atoms with Gasteiger partial charge < -0.3 is 15.8 Å². The summed E-state index contributed by atoms with van der Waals surface area (Å²) in [4.78, 5) is 12.4. The second-order valence-corrected chi connectivity index (χ2v) is 6.04. The zero-order valence-electron chi connectivity index (χ0n) is 13.1. The van der Waals surface area contributed by atoms with Gasteiger partial charge in [-0.15, -0.1) is 12.4 Å². The lowest BCUT2D eigenvalue weighted by Crippen LogP contribution is -2.74. The van der Waals surface area contributed by atoms with Crippen LogP contribution in [-0.2, 0) is 9.53 Å². The molecular weight excluding hydrogens is 333 g/mol. The fraction of sp³-hybridized carbons (Fsp3) is 0.533. The third-order valence-electron chi connectivity index (χ3n) is 4.49. The molecule has 1 aliphatic rings. The van der Waals surface area contributed by atoms with Crippen LogP contribution in [0.5, 0.6) is 0 Å². The molecule has 1 amide bonds. The molecule has 0 heterocycles. The quantitative estimate of drug-likeness (QED) is 0.819. The van der Waals surface area contributed by atoms with Crippen LogP contribution in [0.15, 0.2) is 12.1 Å². The van der Waals surface area contributed by atoms with E-state index in [9.17, 15) is 18.0 Å². The topological polar surface area (TPSA) is 64.3 Å². The van der Waals surface area contributed by atoms with E-state index in [-0.39, 0.29) is 24.9 Å². The van der Waals surface area contributed by atoms with Gasteiger partial charge in [-0.2, -0.15) is 0 Å². The van der Waals surface area contributed by atoms with E-state index in [1.165, 1.54) is 0 Å². The molecule has 1 aromatic carbocycles. The lowest BCUT2D eigenvalue weighted by atomic mass is 9.54. The zero-order chi connectivity index (χ0) is 16.7. The van der Waals surface area contributed by atoms with Crippen molar-refractivity contribution in [3.8, 4) is 0 Å². The monoisotopic (exact) mass is 352 g/mol. The maximum atomic E-state index is 13.6. The lowest BCUT2D eigenvalue weighted by Gasteiger charge is -2.57. The first-order valence-corrected chi connectivity index (χ1v) is 7.00. The van der Waals surface area contributed by atoms with Crippen LogP contribution in [0.1, 0.15) is 27.2 Å². The summed E-state index contributed by atoms with van der Waals surface area (Å²) >= 11 is 0. The molecule has 1 saturated carbocycles. The van der Waals surface area contributed by atoms with E-state index in [1.54, 1.807) is 13.8 Å². The minimum absolute atomic E-state index is 0. The summed E-state index contributed by atoms with van der Waals surface area (Å²) in [6.07, 6.45) is 0.0772. The molecule has 0 radical (unpaired) electrons. The average molecular weight is 353 g/mol. The Labute approximate surface area is 139 Å². The molecule has 0 bridgehead atoms. The van der Waals surface area contributed by atoms with Gasteiger partial charge in [0.05, 0.1) is 11.8 Å². The van der Waals surface area contributed by atoms with Crippen LogP contribution in [0.25, 0.3) is 0 Å². The number of hydrogen-bond donors (Lipinski definition) is 2. The highest BCUT2D eigenvalue weighted by molar-refractivity contribution is 5.99.